The SMILES string of the molecule is C#CCc1csc2ccccc12. The van der Waals surface area contributed by atoms with Crippen LogP contribution in [0.5, 0.6) is 0 Å². The number of thiophene rings is 1. The second kappa shape index (κ2) is 3.00. The summed E-state index contributed by atoms with van der Waals surface area (Å²) >= 11 is 1.76. The molecule has 0 fully saturated rings. The fourth-order valence-corrected chi connectivity index (χ4v) is 2.24. The van der Waals surface area contributed by atoms with Crippen molar-refractivity contribution >= 4 is 21.4 Å². The van der Waals surface area contributed by atoms with Gasteiger partial charge in [0.15, 0.2) is 0 Å². The zero-order valence-electron chi connectivity index (χ0n) is 6.58. The Labute approximate surface area is 75.8 Å². The first kappa shape index (κ1) is 7.39. The standard InChI is InChI=1S/C11H8S/c1-2-5-9-8-12-11-7-4-3-6-10(9)11/h1,3-4,6-8H,5H2. The van der Waals surface area contributed by atoms with Gasteiger partial charge in [-0.3, -0.25) is 0 Å². The molecule has 0 radical (unpaired) electrons. The van der Waals surface area contributed by atoms with E-state index in [2.05, 4.69) is 35.6 Å². The van der Waals surface area contributed by atoms with Gasteiger partial charge >= 0.3 is 0 Å². The molecule has 0 N–H and O–H groups in total. The molecule has 58 valence electrons. The molecule has 0 spiro atoms. The van der Waals surface area contributed by atoms with Crippen LogP contribution < -0.4 is 0 Å². The highest BCUT2D eigenvalue weighted by Gasteiger charge is 1.99. The van der Waals surface area contributed by atoms with E-state index in [1.165, 1.54) is 15.6 Å². The van der Waals surface area contributed by atoms with Crippen LogP contribution in [-0.4, -0.2) is 0 Å². The lowest BCUT2D eigenvalue weighted by Gasteiger charge is -1.90. The Morgan fingerprint density at radius 1 is 1.33 bits per heavy atom. The van der Waals surface area contributed by atoms with E-state index in [4.69, 9.17) is 6.42 Å². The smallest absolute Gasteiger partial charge is 0.0352 e. The van der Waals surface area contributed by atoms with Gasteiger partial charge in [-0.15, -0.1) is 23.7 Å². The van der Waals surface area contributed by atoms with E-state index in [1.54, 1.807) is 11.3 Å². The van der Waals surface area contributed by atoms with Gasteiger partial charge in [0.1, 0.15) is 0 Å². The number of fused-ring (bicyclic) bond motifs is 1. The minimum absolute atomic E-state index is 0.740. The van der Waals surface area contributed by atoms with E-state index < -0.39 is 0 Å². The van der Waals surface area contributed by atoms with Gasteiger partial charge < -0.3 is 0 Å². The van der Waals surface area contributed by atoms with Crippen LogP contribution in [0.25, 0.3) is 10.1 Å². The minimum Gasteiger partial charge on any atom is -0.143 e. The highest BCUT2D eigenvalue weighted by molar-refractivity contribution is 7.17. The van der Waals surface area contributed by atoms with Crippen molar-refractivity contribution in [2.45, 2.75) is 6.42 Å². The van der Waals surface area contributed by atoms with Crippen molar-refractivity contribution in [1.82, 2.24) is 0 Å². The summed E-state index contributed by atoms with van der Waals surface area (Å²) in [6.45, 7) is 0. The van der Waals surface area contributed by atoms with Gasteiger partial charge in [0, 0.05) is 11.1 Å². The van der Waals surface area contributed by atoms with Gasteiger partial charge in [0.25, 0.3) is 0 Å². The van der Waals surface area contributed by atoms with Crippen molar-refractivity contribution in [3.8, 4) is 12.3 Å². The number of hydrogen-bond acceptors (Lipinski definition) is 1. The molecule has 1 heteroatoms. The summed E-state index contributed by atoms with van der Waals surface area (Å²) in [5, 5.41) is 3.45. The highest BCUT2D eigenvalue weighted by Crippen LogP contribution is 2.25. The van der Waals surface area contributed by atoms with Crippen LogP contribution in [0.15, 0.2) is 29.6 Å². The Morgan fingerprint density at radius 2 is 2.17 bits per heavy atom. The zero-order chi connectivity index (χ0) is 8.39. The Bertz CT molecular complexity index is 431. The van der Waals surface area contributed by atoms with Crippen LogP contribution in [0.2, 0.25) is 0 Å². The average Bonchev–Trinajstić information content (AvgIpc) is 2.50. The molecule has 0 unspecified atom stereocenters. The van der Waals surface area contributed by atoms with E-state index in [-0.39, 0.29) is 0 Å². The van der Waals surface area contributed by atoms with E-state index in [9.17, 15) is 0 Å². The van der Waals surface area contributed by atoms with Crippen molar-refractivity contribution in [3.63, 3.8) is 0 Å². The summed E-state index contributed by atoms with van der Waals surface area (Å²) in [7, 11) is 0. The third kappa shape index (κ3) is 1.11. The van der Waals surface area contributed by atoms with E-state index in [0.29, 0.717) is 0 Å². The maximum Gasteiger partial charge on any atom is 0.0352 e. The number of terminal acetylenes is 1. The lowest BCUT2D eigenvalue weighted by molar-refractivity contribution is 1.39. The van der Waals surface area contributed by atoms with Gasteiger partial charge in [-0.2, -0.15) is 0 Å². The summed E-state index contributed by atoms with van der Waals surface area (Å²) in [4.78, 5) is 0. The molecule has 0 aliphatic rings. The van der Waals surface area contributed by atoms with Gasteiger partial charge in [-0.25, -0.2) is 0 Å². The Balaban J connectivity index is 2.64. The van der Waals surface area contributed by atoms with Crippen LogP contribution in [0.4, 0.5) is 0 Å². The van der Waals surface area contributed by atoms with Gasteiger partial charge in [-0.1, -0.05) is 18.2 Å². The zero-order valence-corrected chi connectivity index (χ0v) is 7.40. The van der Waals surface area contributed by atoms with Crippen LogP contribution in [0.3, 0.4) is 0 Å². The topological polar surface area (TPSA) is 0 Å². The number of rotatable bonds is 1. The second-order valence-electron chi connectivity index (χ2n) is 2.64. The minimum atomic E-state index is 0.740. The predicted octanol–water partition coefficient (Wildman–Crippen LogP) is 3.08. The van der Waals surface area contributed by atoms with Crippen molar-refractivity contribution in [3.05, 3.63) is 35.2 Å². The molecule has 1 aromatic heterocycles. The van der Waals surface area contributed by atoms with E-state index in [1.807, 2.05) is 0 Å². The fourth-order valence-electron chi connectivity index (χ4n) is 1.28. The third-order valence-electron chi connectivity index (χ3n) is 1.85. The quantitative estimate of drug-likeness (QED) is 0.580. The first-order valence-electron chi connectivity index (χ1n) is 3.80. The van der Waals surface area contributed by atoms with Gasteiger partial charge in [0.05, 0.1) is 0 Å². The van der Waals surface area contributed by atoms with Crippen LogP contribution >= 0.6 is 11.3 Å². The van der Waals surface area contributed by atoms with Crippen LogP contribution in [0.1, 0.15) is 5.56 Å². The Morgan fingerprint density at radius 3 is 3.00 bits per heavy atom. The predicted molar refractivity (Wildman–Crippen MR) is 54.4 cm³/mol. The largest absolute Gasteiger partial charge is 0.143 e. The van der Waals surface area contributed by atoms with Crippen LogP contribution in [-0.2, 0) is 6.42 Å². The molecule has 0 saturated carbocycles. The molecular formula is C11H8S. The molecule has 0 amide bonds. The third-order valence-corrected chi connectivity index (χ3v) is 2.87. The molecule has 0 aliphatic carbocycles. The van der Waals surface area contributed by atoms with Crippen molar-refractivity contribution in [2.75, 3.05) is 0 Å². The first-order valence-corrected chi connectivity index (χ1v) is 4.68. The molecule has 0 bridgehead atoms. The van der Waals surface area contributed by atoms with E-state index in [0.717, 1.165) is 6.42 Å². The van der Waals surface area contributed by atoms with Crippen molar-refractivity contribution in [1.29, 1.82) is 0 Å². The maximum absolute atomic E-state index is 5.27. The summed E-state index contributed by atoms with van der Waals surface area (Å²) in [5.41, 5.74) is 1.28. The Kier molecular flexibility index (Phi) is 1.85. The molecule has 0 atom stereocenters. The Hall–Kier alpha value is -1.26. The first-order chi connectivity index (χ1) is 5.92. The number of hydrogen-bond donors (Lipinski definition) is 0. The lowest BCUT2D eigenvalue weighted by Crippen LogP contribution is -1.75. The monoisotopic (exact) mass is 172 g/mol. The summed E-state index contributed by atoms with van der Waals surface area (Å²) in [6.07, 6.45) is 6.01. The molecular weight excluding hydrogens is 164 g/mol. The molecule has 0 nitrogen and oxygen atoms in total. The summed E-state index contributed by atoms with van der Waals surface area (Å²) < 4.78 is 1.32. The second-order valence-corrected chi connectivity index (χ2v) is 3.55. The lowest BCUT2D eigenvalue weighted by atomic mass is 10.1. The van der Waals surface area contributed by atoms with Crippen molar-refractivity contribution < 1.29 is 0 Å². The van der Waals surface area contributed by atoms with Gasteiger partial charge in [-0.05, 0) is 22.4 Å². The normalized spacial score (nSPS) is 9.92. The van der Waals surface area contributed by atoms with Crippen LogP contribution in [0, 0.1) is 12.3 Å². The van der Waals surface area contributed by atoms with Gasteiger partial charge in [0.2, 0.25) is 0 Å². The fraction of sp³-hybridized carbons (Fsp3) is 0.0909. The highest BCUT2D eigenvalue weighted by atomic mass is 32.1. The molecule has 0 saturated heterocycles. The molecule has 1 aromatic carbocycles. The molecule has 0 aliphatic heterocycles. The summed E-state index contributed by atoms with van der Waals surface area (Å²) in [6, 6.07) is 8.35. The summed E-state index contributed by atoms with van der Waals surface area (Å²) in [5.74, 6) is 2.67. The number of benzene rings is 1. The van der Waals surface area contributed by atoms with E-state index >= 15 is 0 Å². The van der Waals surface area contributed by atoms with Crippen molar-refractivity contribution in [2.24, 2.45) is 0 Å². The molecule has 12 heavy (non-hydrogen) atoms. The average molecular weight is 172 g/mol. The molecule has 1 heterocycles. The maximum atomic E-state index is 5.27. The molecule has 2 rings (SSSR count). The molecule has 2 aromatic rings.